The van der Waals surface area contributed by atoms with Gasteiger partial charge in [0, 0.05) is 18.1 Å². The zero-order valence-electron chi connectivity index (χ0n) is 15.7. The third-order valence-corrected chi connectivity index (χ3v) is 5.75. The molecule has 2 aliphatic rings. The van der Waals surface area contributed by atoms with Crippen LogP contribution in [0.1, 0.15) is 18.4 Å². The average molecular weight is 392 g/mol. The molecule has 0 radical (unpaired) electrons. The molecule has 5 N–H and O–H groups in total. The summed E-state index contributed by atoms with van der Waals surface area (Å²) >= 11 is 0. The maximum Gasteiger partial charge on any atom is 0.229 e. The highest BCUT2D eigenvalue weighted by Gasteiger charge is 2.44. The van der Waals surface area contributed by atoms with Crippen molar-refractivity contribution in [1.82, 2.24) is 9.88 Å². The number of benzene rings is 1. The first-order valence-corrected chi connectivity index (χ1v) is 9.87. The lowest BCUT2D eigenvalue weighted by molar-refractivity contribution is -0.277. The number of rotatable bonds is 6. The maximum absolute atomic E-state index is 10.2. The molecule has 8 nitrogen and oxygen atoms in total. The molecule has 2 aromatic rings. The van der Waals surface area contributed by atoms with Crippen LogP contribution in [-0.2, 0) is 11.2 Å². The predicted octanol–water partition coefficient (Wildman–Crippen LogP) is -0.0151. The molecular formula is C20H28N2O6. The molecule has 8 heteroatoms. The number of hydrogen-bond donors (Lipinski definition) is 5. The Bertz CT molecular complexity index is 788. The molecule has 0 saturated carbocycles. The molecule has 28 heavy (non-hydrogen) atoms. The first-order valence-electron chi connectivity index (χ1n) is 9.87. The van der Waals surface area contributed by atoms with E-state index in [4.69, 9.17) is 9.47 Å². The molecule has 0 aliphatic carbocycles. The number of likely N-dealkylation sites (tertiary alicyclic amines) is 1. The lowest BCUT2D eigenvalue weighted by Crippen LogP contribution is -2.60. The topological polar surface area (TPSA) is 118 Å². The smallest absolute Gasteiger partial charge is 0.229 e. The normalized spacial score (nSPS) is 31.5. The van der Waals surface area contributed by atoms with Crippen molar-refractivity contribution in [1.29, 1.82) is 0 Å². The molecule has 2 aliphatic heterocycles. The number of H-pyrrole nitrogens is 1. The lowest BCUT2D eigenvalue weighted by atomic mass is 9.99. The molecule has 1 aromatic carbocycles. The van der Waals surface area contributed by atoms with Gasteiger partial charge in [0.2, 0.25) is 6.29 Å². The molecule has 1 aromatic heterocycles. The molecule has 0 spiro atoms. The SMILES string of the molecule is OCC1OC(Oc2cccc3c(CCN4CCCC4)c[nH]c23)C(O)C(O)C1O. The standard InChI is InChI=1S/C20H28N2O6/c23-11-15-17(24)18(25)19(26)20(28-15)27-14-5-3-4-13-12(10-21-16(13)14)6-9-22-7-1-2-8-22/h3-5,10,15,17-21,23-26H,1-2,6-9,11H2. The highest BCUT2D eigenvalue weighted by Crippen LogP contribution is 2.31. The largest absolute Gasteiger partial charge is 0.460 e. The number of ether oxygens (including phenoxy) is 2. The molecule has 3 heterocycles. The van der Waals surface area contributed by atoms with Crippen molar-refractivity contribution >= 4 is 10.9 Å². The van der Waals surface area contributed by atoms with E-state index in [2.05, 4.69) is 9.88 Å². The lowest BCUT2D eigenvalue weighted by Gasteiger charge is -2.39. The van der Waals surface area contributed by atoms with Crippen LogP contribution in [0, 0.1) is 0 Å². The highest BCUT2D eigenvalue weighted by atomic mass is 16.7. The van der Waals surface area contributed by atoms with Crippen molar-refractivity contribution in [3.8, 4) is 5.75 Å². The zero-order chi connectivity index (χ0) is 19.7. The van der Waals surface area contributed by atoms with Gasteiger partial charge in [-0.05, 0) is 44.0 Å². The Labute approximate surface area is 163 Å². The minimum atomic E-state index is -1.46. The van der Waals surface area contributed by atoms with E-state index in [-0.39, 0.29) is 0 Å². The van der Waals surface area contributed by atoms with Crippen LogP contribution in [0.3, 0.4) is 0 Å². The van der Waals surface area contributed by atoms with Gasteiger partial charge in [-0.25, -0.2) is 0 Å². The summed E-state index contributed by atoms with van der Waals surface area (Å²) in [6, 6.07) is 5.64. The van der Waals surface area contributed by atoms with Crippen LogP contribution >= 0.6 is 0 Å². The first-order chi connectivity index (χ1) is 13.6. The Morgan fingerprint density at radius 3 is 2.64 bits per heavy atom. The van der Waals surface area contributed by atoms with Crippen molar-refractivity contribution in [2.24, 2.45) is 0 Å². The third kappa shape index (κ3) is 3.76. The fourth-order valence-electron chi connectivity index (χ4n) is 4.06. The Morgan fingerprint density at radius 2 is 1.89 bits per heavy atom. The number of aliphatic hydroxyl groups excluding tert-OH is 4. The summed E-state index contributed by atoms with van der Waals surface area (Å²) in [4.78, 5) is 5.71. The predicted molar refractivity (Wildman–Crippen MR) is 102 cm³/mol. The Kier molecular flexibility index (Phi) is 5.86. The van der Waals surface area contributed by atoms with Crippen LogP contribution < -0.4 is 4.74 Å². The van der Waals surface area contributed by atoms with Crippen molar-refractivity contribution in [2.45, 2.75) is 50.0 Å². The first kappa shape index (κ1) is 19.6. The average Bonchev–Trinajstić information content (AvgIpc) is 3.37. The monoisotopic (exact) mass is 392 g/mol. The minimum absolute atomic E-state index is 0.481. The van der Waals surface area contributed by atoms with Crippen LogP contribution in [0.2, 0.25) is 0 Å². The molecule has 5 atom stereocenters. The van der Waals surface area contributed by atoms with Crippen LogP contribution in [0.5, 0.6) is 5.75 Å². The summed E-state index contributed by atoms with van der Waals surface area (Å²) in [7, 11) is 0. The van der Waals surface area contributed by atoms with E-state index in [0.717, 1.165) is 37.0 Å². The number of aromatic nitrogens is 1. The molecule has 2 saturated heterocycles. The molecule has 0 amide bonds. The summed E-state index contributed by atoms with van der Waals surface area (Å²) in [5, 5.41) is 40.4. The molecule has 154 valence electrons. The van der Waals surface area contributed by atoms with E-state index in [1.165, 1.54) is 18.4 Å². The Morgan fingerprint density at radius 1 is 1.11 bits per heavy atom. The quantitative estimate of drug-likeness (QED) is 0.469. The summed E-state index contributed by atoms with van der Waals surface area (Å²) in [6.45, 7) is 2.85. The van der Waals surface area contributed by atoms with E-state index < -0.39 is 37.3 Å². The molecular weight excluding hydrogens is 364 g/mol. The number of hydrogen-bond acceptors (Lipinski definition) is 7. The van der Waals surface area contributed by atoms with Gasteiger partial charge < -0.3 is 39.8 Å². The number of fused-ring (bicyclic) bond motifs is 1. The van der Waals surface area contributed by atoms with Gasteiger partial charge >= 0.3 is 0 Å². The number of aliphatic hydroxyl groups is 4. The van der Waals surface area contributed by atoms with Crippen LogP contribution in [-0.4, -0.2) is 87.3 Å². The van der Waals surface area contributed by atoms with Gasteiger partial charge in [0.1, 0.15) is 30.2 Å². The van der Waals surface area contributed by atoms with Gasteiger partial charge in [0.25, 0.3) is 0 Å². The van der Waals surface area contributed by atoms with Crippen molar-refractivity contribution in [2.75, 3.05) is 26.2 Å². The van der Waals surface area contributed by atoms with Crippen LogP contribution in [0.15, 0.2) is 24.4 Å². The molecule has 4 rings (SSSR count). The van der Waals surface area contributed by atoms with Crippen LogP contribution in [0.4, 0.5) is 0 Å². The number of aromatic amines is 1. The third-order valence-electron chi connectivity index (χ3n) is 5.75. The number of nitrogens with one attached hydrogen (secondary N) is 1. The Balaban J connectivity index is 1.51. The van der Waals surface area contributed by atoms with Gasteiger partial charge in [0.05, 0.1) is 12.1 Å². The van der Waals surface area contributed by atoms with E-state index in [1.807, 2.05) is 18.3 Å². The highest BCUT2D eigenvalue weighted by molar-refractivity contribution is 5.88. The van der Waals surface area contributed by atoms with Gasteiger partial charge in [-0.3, -0.25) is 0 Å². The zero-order valence-corrected chi connectivity index (χ0v) is 15.7. The summed E-state index contributed by atoms with van der Waals surface area (Å²) < 4.78 is 11.3. The second kappa shape index (κ2) is 8.36. The van der Waals surface area contributed by atoms with Crippen molar-refractivity contribution in [3.63, 3.8) is 0 Å². The summed E-state index contributed by atoms with van der Waals surface area (Å²) in [6.07, 6.45) is -1.05. The molecule has 5 unspecified atom stereocenters. The van der Waals surface area contributed by atoms with Crippen molar-refractivity contribution in [3.05, 3.63) is 30.0 Å². The van der Waals surface area contributed by atoms with Gasteiger partial charge in [-0.1, -0.05) is 12.1 Å². The van der Waals surface area contributed by atoms with Gasteiger partial charge in [0.15, 0.2) is 0 Å². The minimum Gasteiger partial charge on any atom is -0.460 e. The number of para-hydroxylation sites is 1. The second-order valence-electron chi connectivity index (χ2n) is 7.61. The molecule has 2 fully saturated rings. The summed E-state index contributed by atoms with van der Waals surface area (Å²) in [5.41, 5.74) is 1.98. The van der Waals surface area contributed by atoms with Gasteiger partial charge in [-0.15, -0.1) is 0 Å². The van der Waals surface area contributed by atoms with E-state index in [1.54, 1.807) is 6.07 Å². The maximum atomic E-state index is 10.2. The Hall–Kier alpha value is -1.68. The fraction of sp³-hybridized carbons (Fsp3) is 0.600. The van der Waals surface area contributed by atoms with Gasteiger partial charge in [-0.2, -0.15) is 0 Å². The molecule has 0 bridgehead atoms. The fourth-order valence-corrected chi connectivity index (χ4v) is 4.06. The van der Waals surface area contributed by atoms with Crippen LogP contribution in [0.25, 0.3) is 10.9 Å². The number of nitrogens with zero attached hydrogens (tertiary/aromatic N) is 1. The second-order valence-corrected chi connectivity index (χ2v) is 7.61. The van der Waals surface area contributed by atoms with E-state index in [9.17, 15) is 20.4 Å². The van der Waals surface area contributed by atoms with E-state index >= 15 is 0 Å². The summed E-state index contributed by atoms with van der Waals surface area (Å²) in [5.74, 6) is 0.481. The van der Waals surface area contributed by atoms with E-state index in [0.29, 0.717) is 5.75 Å². The van der Waals surface area contributed by atoms with Crippen molar-refractivity contribution < 1.29 is 29.9 Å².